The van der Waals surface area contributed by atoms with Crippen molar-refractivity contribution < 1.29 is 9.53 Å². The van der Waals surface area contributed by atoms with Gasteiger partial charge in [-0.15, -0.1) is 0 Å². The Labute approximate surface area is 182 Å². The van der Waals surface area contributed by atoms with Gasteiger partial charge in [0, 0.05) is 18.3 Å². The number of benzene rings is 3. The van der Waals surface area contributed by atoms with Crippen molar-refractivity contribution in [2.24, 2.45) is 0 Å². The van der Waals surface area contributed by atoms with Gasteiger partial charge in [-0.1, -0.05) is 72.8 Å². The van der Waals surface area contributed by atoms with Crippen LogP contribution in [0.25, 0.3) is 11.3 Å². The molecule has 0 saturated heterocycles. The Kier molecular flexibility index (Phi) is 6.43. The molecule has 5 nitrogen and oxygen atoms in total. The van der Waals surface area contributed by atoms with Gasteiger partial charge in [-0.3, -0.25) is 9.48 Å². The topological polar surface area (TPSA) is 56.1 Å². The summed E-state index contributed by atoms with van der Waals surface area (Å²) in [5.74, 6) is 0.706. The number of methoxy groups -OCH3 is 1. The van der Waals surface area contributed by atoms with Gasteiger partial charge in [0.1, 0.15) is 11.4 Å². The van der Waals surface area contributed by atoms with Crippen LogP contribution >= 0.6 is 0 Å². The van der Waals surface area contributed by atoms with Crippen molar-refractivity contribution >= 4 is 5.91 Å². The van der Waals surface area contributed by atoms with Crippen LogP contribution in [0, 0.1) is 0 Å². The third-order valence-electron chi connectivity index (χ3n) is 5.10. The number of nitrogens with one attached hydrogen (secondary N) is 1. The number of rotatable bonds is 8. The van der Waals surface area contributed by atoms with Crippen molar-refractivity contribution in [1.29, 1.82) is 0 Å². The lowest BCUT2D eigenvalue weighted by molar-refractivity contribution is 0.0954. The highest BCUT2D eigenvalue weighted by atomic mass is 16.5. The summed E-state index contributed by atoms with van der Waals surface area (Å²) in [4.78, 5) is 13.0. The van der Waals surface area contributed by atoms with Crippen LogP contribution in [0.5, 0.6) is 5.75 Å². The summed E-state index contributed by atoms with van der Waals surface area (Å²) in [5.41, 5.74) is 4.48. The minimum atomic E-state index is -0.119. The fourth-order valence-corrected chi connectivity index (χ4v) is 3.46. The van der Waals surface area contributed by atoms with Crippen LogP contribution in [0.3, 0.4) is 0 Å². The van der Waals surface area contributed by atoms with E-state index in [1.54, 1.807) is 7.11 Å². The van der Waals surface area contributed by atoms with Crippen molar-refractivity contribution in [2.45, 2.75) is 13.0 Å². The van der Waals surface area contributed by atoms with E-state index in [0.717, 1.165) is 28.9 Å². The Balaban J connectivity index is 1.50. The molecular formula is C26H25N3O2. The number of nitrogens with zero attached hydrogens (tertiary/aromatic N) is 2. The van der Waals surface area contributed by atoms with E-state index in [9.17, 15) is 4.79 Å². The summed E-state index contributed by atoms with van der Waals surface area (Å²) >= 11 is 0. The maximum atomic E-state index is 13.0. The largest absolute Gasteiger partial charge is 0.497 e. The van der Waals surface area contributed by atoms with Gasteiger partial charge in [-0.2, -0.15) is 5.10 Å². The van der Waals surface area contributed by atoms with Crippen LogP contribution in [0.2, 0.25) is 0 Å². The SMILES string of the molecule is COc1ccc(CCNC(=O)c2cn(Cc3ccccc3)nc2-c2ccccc2)cc1. The molecule has 0 bridgehead atoms. The van der Waals surface area contributed by atoms with E-state index in [1.165, 1.54) is 0 Å². The second kappa shape index (κ2) is 9.76. The first-order valence-electron chi connectivity index (χ1n) is 10.3. The third-order valence-corrected chi connectivity index (χ3v) is 5.10. The summed E-state index contributed by atoms with van der Waals surface area (Å²) in [6.07, 6.45) is 2.58. The number of hydrogen-bond donors (Lipinski definition) is 1. The molecule has 0 fully saturated rings. The van der Waals surface area contributed by atoms with E-state index in [4.69, 9.17) is 9.84 Å². The summed E-state index contributed by atoms with van der Waals surface area (Å²) in [6.45, 7) is 1.16. The average Bonchev–Trinajstić information content (AvgIpc) is 3.24. The third kappa shape index (κ3) is 5.20. The minimum Gasteiger partial charge on any atom is -0.497 e. The first-order valence-corrected chi connectivity index (χ1v) is 10.3. The quantitative estimate of drug-likeness (QED) is 0.462. The second-order valence-electron chi connectivity index (χ2n) is 7.29. The van der Waals surface area contributed by atoms with Gasteiger partial charge in [0.05, 0.1) is 19.2 Å². The maximum Gasteiger partial charge on any atom is 0.255 e. The molecule has 0 spiro atoms. The highest BCUT2D eigenvalue weighted by Crippen LogP contribution is 2.22. The highest BCUT2D eigenvalue weighted by Gasteiger charge is 2.18. The molecule has 0 radical (unpaired) electrons. The maximum absolute atomic E-state index is 13.0. The Morgan fingerprint density at radius 2 is 1.58 bits per heavy atom. The lowest BCUT2D eigenvalue weighted by Crippen LogP contribution is -2.25. The van der Waals surface area contributed by atoms with Crippen molar-refractivity contribution in [3.8, 4) is 17.0 Å². The molecule has 31 heavy (non-hydrogen) atoms. The van der Waals surface area contributed by atoms with Crippen molar-refractivity contribution in [1.82, 2.24) is 15.1 Å². The number of carbonyl (C=O) groups excluding carboxylic acids is 1. The molecule has 1 aromatic heterocycles. The monoisotopic (exact) mass is 411 g/mol. The zero-order chi connectivity index (χ0) is 21.5. The molecule has 1 amide bonds. The average molecular weight is 412 g/mol. The molecule has 5 heteroatoms. The Morgan fingerprint density at radius 1 is 0.903 bits per heavy atom. The minimum absolute atomic E-state index is 0.119. The summed E-state index contributed by atoms with van der Waals surface area (Å²) in [6, 6.07) is 27.8. The number of hydrogen-bond acceptors (Lipinski definition) is 3. The molecule has 3 aromatic carbocycles. The van der Waals surface area contributed by atoms with Crippen molar-refractivity contribution in [3.05, 3.63) is 108 Å². The van der Waals surface area contributed by atoms with E-state index in [2.05, 4.69) is 17.4 Å². The van der Waals surface area contributed by atoms with E-state index in [0.29, 0.717) is 24.3 Å². The van der Waals surface area contributed by atoms with Crippen LogP contribution in [-0.4, -0.2) is 29.3 Å². The van der Waals surface area contributed by atoms with E-state index < -0.39 is 0 Å². The Morgan fingerprint density at radius 3 is 2.26 bits per heavy atom. The standard InChI is InChI=1S/C26H25N3O2/c1-31-23-14-12-20(13-15-23)16-17-27-26(30)24-19-29(18-21-8-4-2-5-9-21)28-25(24)22-10-6-3-7-11-22/h2-15,19H,16-18H2,1H3,(H,27,30). The predicted octanol–water partition coefficient (Wildman–Crippen LogP) is 4.58. The van der Waals surface area contributed by atoms with Gasteiger partial charge in [-0.25, -0.2) is 0 Å². The van der Waals surface area contributed by atoms with Crippen LogP contribution in [-0.2, 0) is 13.0 Å². The van der Waals surface area contributed by atoms with Crippen LogP contribution in [0.4, 0.5) is 0 Å². The summed E-state index contributed by atoms with van der Waals surface area (Å²) < 4.78 is 7.02. The summed E-state index contributed by atoms with van der Waals surface area (Å²) in [5, 5.41) is 7.76. The fraction of sp³-hybridized carbons (Fsp3) is 0.154. The molecule has 156 valence electrons. The first-order chi connectivity index (χ1) is 15.2. The van der Waals surface area contributed by atoms with Crippen molar-refractivity contribution in [2.75, 3.05) is 13.7 Å². The fourth-order valence-electron chi connectivity index (χ4n) is 3.46. The smallest absolute Gasteiger partial charge is 0.255 e. The normalized spacial score (nSPS) is 10.6. The first kappa shape index (κ1) is 20.4. The molecule has 0 unspecified atom stereocenters. The zero-order valence-electron chi connectivity index (χ0n) is 17.5. The zero-order valence-corrected chi connectivity index (χ0v) is 17.5. The van der Waals surface area contributed by atoms with Gasteiger partial charge in [0.15, 0.2) is 0 Å². The van der Waals surface area contributed by atoms with E-state index >= 15 is 0 Å². The molecular weight excluding hydrogens is 386 g/mol. The lowest BCUT2D eigenvalue weighted by Gasteiger charge is -2.06. The number of aromatic nitrogens is 2. The predicted molar refractivity (Wildman–Crippen MR) is 122 cm³/mol. The highest BCUT2D eigenvalue weighted by molar-refractivity contribution is 5.99. The van der Waals surface area contributed by atoms with Crippen molar-refractivity contribution in [3.63, 3.8) is 0 Å². The molecule has 1 N–H and O–H groups in total. The van der Waals surface area contributed by atoms with Gasteiger partial charge in [0.2, 0.25) is 0 Å². The number of amides is 1. The molecule has 1 heterocycles. The molecule has 4 aromatic rings. The van der Waals surface area contributed by atoms with Gasteiger partial charge in [-0.05, 0) is 29.7 Å². The van der Waals surface area contributed by atoms with Gasteiger partial charge < -0.3 is 10.1 Å². The van der Waals surface area contributed by atoms with E-state index in [-0.39, 0.29) is 5.91 Å². The van der Waals surface area contributed by atoms with Crippen LogP contribution in [0.15, 0.2) is 91.1 Å². The van der Waals surface area contributed by atoms with Crippen LogP contribution in [0.1, 0.15) is 21.5 Å². The molecule has 4 rings (SSSR count). The number of ether oxygens (including phenoxy) is 1. The summed E-state index contributed by atoms with van der Waals surface area (Å²) in [7, 11) is 1.65. The molecule has 0 aliphatic heterocycles. The van der Waals surface area contributed by atoms with Gasteiger partial charge in [0.25, 0.3) is 5.91 Å². The van der Waals surface area contributed by atoms with Crippen LogP contribution < -0.4 is 10.1 Å². The molecule has 0 saturated carbocycles. The molecule has 0 aliphatic carbocycles. The Hall–Kier alpha value is -3.86. The molecule has 0 aliphatic rings. The number of carbonyl (C=O) groups is 1. The van der Waals surface area contributed by atoms with Gasteiger partial charge >= 0.3 is 0 Å². The molecule has 0 atom stereocenters. The Bertz CT molecular complexity index is 1120. The lowest BCUT2D eigenvalue weighted by atomic mass is 10.1. The van der Waals surface area contributed by atoms with E-state index in [1.807, 2.05) is 83.7 Å². The second-order valence-corrected chi connectivity index (χ2v) is 7.29.